The van der Waals surface area contributed by atoms with Crippen molar-refractivity contribution >= 4 is 27.4 Å². The Balaban J connectivity index is 1.97. The summed E-state index contributed by atoms with van der Waals surface area (Å²) >= 11 is 1.60. The average molecular weight is 292 g/mol. The summed E-state index contributed by atoms with van der Waals surface area (Å²) in [4.78, 5) is 10.2. The maximum Gasteiger partial charge on any atom is 0.161 e. The Kier molecular flexibility index (Phi) is 4.14. The van der Waals surface area contributed by atoms with E-state index in [1.807, 2.05) is 11.4 Å². The molecular formula is C14H20N4OS. The molecule has 2 aromatic rings. The van der Waals surface area contributed by atoms with Crippen LogP contribution in [0, 0.1) is 5.92 Å². The SMILES string of the molecule is COC(c1nc(NN)c2ccsc2n1)C1CCCCC1. The van der Waals surface area contributed by atoms with Gasteiger partial charge in [0.15, 0.2) is 11.6 Å². The first-order chi connectivity index (χ1) is 9.83. The third-order valence-corrected chi connectivity index (χ3v) is 4.87. The topological polar surface area (TPSA) is 73.1 Å². The summed E-state index contributed by atoms with van der Waals surface area (Å²) in [5.41, 5.74) is 2.68. The van der Waals surface area contributed by atoms with Crippen LogP contribution in [0.25, 0.3) is 10.2 Å². The molecular weight excluding hydrogens is 272 g/mol. The maximum absolute atomic E-state index is 5.71. The van der Waals surface area contributed by atoms with Crippen molar-refractivity contribution in [1.29, 1.82) is 0 Å². The molecule has 20 heavy (non-hydrogen) atoms. The number of fused-ring (bicyclic) bond motifs is 1. The van der Waals surface area contributed by atoms with Gasteiger partial charge in [-0.15, -0.1) is 11.3 Å². The highest BCUT2D eigenvalue weighted by molar-refractivity contribution is 7.16. The molecule has 1 atom stereocenters. The number of hydrogen-bond donors (Lipinski definition) is 2. The fourth-order valence-electron chi connectivity index (χ4n) is 3.05. The van der Waals surface area contributed by atoms with Crippen molar-refractivity contribution in [1.82, 2.24) is 9.97 Å². The molecule has 0 aliphatic heterocycles. The predicted octanol–water partition coefficient (Wildman–Crippen LogP) is 3.24. The largest absolute Gasteiger partial charge is 0.373 e. The number of nitrogens with one attached hydrogen (secondary N) is 1. The summed E-state index contributed by atoms with van der Waals surface area (Å²) < 4.78 is 5.71. The average Bonchev–Trinajstić information content (AvgIpc) is 2.97. The Labute approximate surface area is 122 Å². The third-order valence-electron chi connectivity index (χ3n) is 4.07. The number of hydrogen-bond acceptors (Lipinski definition) is 6. The number of hydrazine groups is 1. The molecule has 6 heteroatoms. The number of thiophene rings is 1. The lowest BCUT2D eigenvalue weighted by molar-refractivity contribution is 0.0293. The molecule has 1 aliphatic rings. The minimum atomic E-state index is -0.0334. The number of nitrogens with two attached hydrogens (primary N) is 1. The van der Waals surface area contributed by atoms with E-state index < -0.39 is 0 Å². The zero-order valence-electron chi connectivity index (χ0n) is 11.6. The molecule has 0 aromatic carbocycles. The number of methoxy groups -OCH3 is 1. The molecule has 2 aromatic heterocycles. The summed E-state index contributed by atoms with van der Waals surface area (Å²) in [6.07, 6.45) is 6.22. The van der Waals surface area contributed by atoms with Crippen LogP contribution in [0.2, 0.25) is 0 Å². The number of rotatable bonds is 4. The van der Waals surface area contributed by atoms with Crippen LogP contribution in [-0.2, 0) is 4.74 Å². The van der Waals surface area contributed by atoms with Gasteiger partial charge in [0.1, 0.15) is 10.9 Å². The predicted molar refractivity (Wildman–Crippen MR) is 81.6 cm³/mol. The molecule has 2 heterocycles. The van der Waals surface area contributed by atoms with Gasteiger partial charge < -0.3 is 10.2 Å². The fraction of sp³-hybridized carbons (Fsp3) is 0.571. The monoisotopic (exact) mass is 292 g/mol. The summed E-state index contributed by atoms with van der Waals surface area (Å²) in [5.74, 6) is 7.53. The van der Waals surface area contributed by atoms with Gasteiger partial charge in [-0.3, -0.25) is 0 Å². The second-order valence-electron chi connectivity index (χ2n) is 5.27. The van der Waals surface area contributed by atoms with Crippen LogP contribution in [0.4, 0.5) is 5.82 Å². The zero-order valence-corrected chi connectivity index (χ0v) is 12.4. The van der Waals surface area contributed by atoms with Gasteiger partial charge in [0.25, 0.3) is 0 Å². The van der Waals surface area contributed by atoms with Crippen molar-refractivity contribution in [2.24, 2.45) is 11.8 Å². The van der Waals surface area contributed by atoms with E-state index in [2.05, 4.69) is 15.4 Å². The quantitative estimate of drug-likeness (QED) is 0.668. The van der Waals surface area contributed by atoms with E-state index in [-0.39, 0.29) is 6.10 Å². The van der Waals surface area contributed by atoms with Crippen molar-refractivity contribution in [3.8, 4) is 0 Å². The number of ether oxygens (including phenoxy) is 1. The standard InChI is InChI=1S/C14H20N4OS/c1-19-11(9-5-3-2-4-6-9)13-16-12(18-15)10-7-8-20-14(10)17-13/h7-9,11H,2-6,15H2,1H3,(H,16,17,18). The minimum absolute atomic E-state index is 0.0334. The number of nitrogen functional groups attached to an aromatic ring is 1. The van der Waals surface area contributed by atoms with Crippen LogP contribution in [0.15, 0.2) is 11.4 Å². The molecule has 0 amide bonds. The molecule has 0 saturated heterocycles. The first kappa shape index (κ1) is 13.7. The lowest BCUT2D eigenvalue weighted by Gasteiger charge is -2.28. The third kappa shape index (κ3) is 2.51. The second kappa shape index (κ2) is 6.03. The maximum atomic E-state index is 5.71. The van der Waals surface area contributed by atoms with Crippen molar-refractivity contribution in [2.75, 3.05) is 12.5 Å². The molecule has 5 nitrogen and oxygen atoms in total. The first-order valence-corrected chi connectivity index (χ1v) is 7.96. The van der Waals surface area contributed by atoms with Gasteiger partial charge in [0, 0.05) is 7.11 Å². The van der Waals surface area contributed by atoms with Crippen LogP contribution < -0.4 is 11.3 Å². The molecule has 1 aliphatic carbocycles. The summed E-state index contributed by atoms with van der Waals surface area (Å²) in [6.45, 7) is 0. The van der Waals surface area contributed by atoms with Crippen molar-refractivity contribution in [3.63, 3.8) is 0 Å². The van der Waals surface area contributed by atoms with E-state index in [9.17, 15) is 0 Å². The molecule has 1 unspecified atom stereocenters. The molecule has 1 saturated carbocycles. The highest BCUT2D eigenvalue weighted by atomic mass is 32.1. The molecule has 1 fully saturated rings. The lowest BCUT2D eigenvalue weighted by atomic mass is 9.85. The van der Waals surface area contributed by atoms with Gasteiger partial charge in [-0.1, -0.05) is 19.3 Å². The highest BCUT2D eigenvalue weighted by Gasteiger charge is 2.28. The van der Waals surface area contributed by atoms with Crippen LogP contribution in [0.1, 0.15) is 44.0 Å². The van der Waals surface area contributed by atoms with Crippen molar-refractivity contribution < 1.29 is 4.74 Å². The highest BCUT2D eigenvalue weighted by Crippen LogP contribution is 2.36. The lowest BCUT2D eigenvalue weighted by Crippen LogP contribution is -2.21. The van der Waals surface area contributed by atoms with Gasteiger partial charge in [-0.2, -0.15) is 0 Å². The molecule has 0 bridgehead atoms. The van der Waals surface area contributed by atoms with E-state index in [1.54, 1.807) is 18.4 Å². The van der Waals surface area contributed by atoms with Gasteiger partial charge in [-0.25, -0.2) is 15.8 Å². The number of aromatic nitrogens is 2. The summed E-state index contributed by atoms with van der Waals surface area (Å²) in [7, 11) is 1.75. The Morgan fingerprint density at radius 2 is 2.15 bits per heavy atom. The fourth-order valence-corrected chi connectivity index (χ4v) is 3.83. The van der Waals surface area contributed by atoms with E-state index in [4.69, 9.17) is 10.6 Å². The second-order valence-corrected chi connectivity index (χ2v) is 6.16. The van der Waals surface area contributed by atoms with Crippen LogP contribution in [0.5, 0.6) is 0 Å². The summed E-state index contributed by atoms with van der Waals surface area (Å²) in [5, 5.41) is 2.98. The normalized spacial score (nSPS) is 18.3. The first-order valence-electron chi connectivity index (χ1n) is 7.08. The number of anilines is 1. The Hall–Kier alpha value is -1.24. The van der Waals surface area contributed by atoms with E-state index >= 15 is 0 Å². The molecule has 0 spiro atoms. The van der Waals surface area contributed by atoms with E-state index in [0.717, 1.165) is 16.0 Å². The van der Waals surface area contributed by atoms with Gasteiger partial charge in [0.05, 0.1) is 5.39 Å². The molecule has 0 radical (unpaired) electrons. The molecule has 108 valence electrons. The van der Waals surface area contributed by atoms with E-state index in [1.165, 1.54) is 32.1 Å². The van der Waals surface area contributed by atoms with Crippen LogP contribution in [-0.4, -0.2) is 17.1 Å². The molecule has 3 N–H and O–H groups in total. The zero-order chi connectivity index (χ0) is 13.9. The van der Waals surface area contributed by atoms with Crippen molar-refractivity contribution in [2.45, 2.75) is 38.2 Å². The Bertz CT molecular complexity index is 580. The van der Waals surface area contributed by atoms with Crippen LogP contribution in [0.3, 0.4) is 0 Å². The van der Waals surface area contributed by atoms with E-state index in [0.29, 0.717) is 11.7 Å². The van der Waals surface area contributed by atoms with Gasteiger partial charge >= 0.3 is 0 Å². The molecule has 3 rings (SSSR count). The number of nitrogens with zero attached hydrogens (tertiary/aromatic N) is 2. The smallest absolute Gasteiger partial charge is 0.161 e. The van der Waals surface area contributed by atoms with Gasteiger partial charge in [0.2, 0.25) is 0 Å². The van der Waals surface area contributed by atoms with Crippen molar-refractivity contribution in [3.05, 3.63) is 17.3 Å². The summed E-state index contributed by atoms with van der Waals surface area (Å²) in [6, 6.07) is 1.99. The minimum Gasteiger partial charge on any atom is -0.373 e. The van der Waals surface area contributed by atoms with Gasteiger partial charge in [-0.05, 0) is 30.2 Å². The Morgan fingerprint density at radius 3 is 2.85 bits per heavy atom. The van der Waals surface area contributed by atoms with Crippen LogP contribution >= 0.6 is 11.3 Å². The Morgan fingerprint density at radius 1 is 1.35 bits per heavy atom.